The van der Waals surface area contributed by atoms with Crippen LogP contribution in [-0.4, -0.2) is 99.4 Å². The van der Waals surface area contributed by atoms with Gasteiger partial charge in [-0.3, -0.25) is 14.4 Å². The van der Waals surface area contributed by atoms with Crippen LogP contribution in [0.4, 0.5) is 4.79 Å². The van der Waals surface area contributed by atoms with Crippen molar-refractivity contribution in [2.24, 2.45) is 17.6 Å². The Bertz CT molecular complexity index is 1520. The Morgan fingerprint density at radius 3 is 2.45 bits per heavy atom. The monoisotopic (exact) mass is 682 g/mol. The third-order valence-electron chi connectivity index (χ3n) is 8.58. The number of Topliss-reactive ketones (excluding diaryl/α,β-unsaturated/α-hetero) is 2. The topological polar surface area (TPSA) is 183 Å². The number of carbonyl (C=O) groups excluding carboxylic acids is 4. The number of carbonyl (C=O) groups is 4. The van der Waals surface area contributed by atoms with Crippen molar-refractivity contribution in [3.63, 3.8) is 0 Å². The molecule has 1 aromatic heterocycles. The largest absolute Gasteiger partial charge is 0.464 e. The van der Waals surface area contributed by atoms with Gasteiger partial charge in [0, 0.05) is 44.4 Å². The first-order valence-electron chi connectivity index (χ1n) is 16.2. The number of nitrogens with two attached hydrogens (primary N) is 1. The van der Waals surface area contributed by atoms with E-state index in [-0.39, 0.29) is 46.2 Å². The minimum absolute atomic E-state index is 0.0622. The highest BCUT2D eigenvalue weighted by molar-refractivity contribution is 6.39. The van der Waals surface area contributed by atoms with E-state index in [2.05, 4.69) is 10.6 Å². The Labute approximate surface area is 287 Å². The fourth-order valence-corrected chi connectivity index (χ4v) is 5.91. The summed E-state index contributed by atoms with van der Waals surface area (Å²) in [6.07, 6.45) is 3.87. The standard InChI is InChI=1S/C36H50N4O9/c1-20-17-24-29(38-14-15-40(5)6)33(43)28(25-13-10-16-48-25)30(32(24)42)39-35(44)21(2)11-9-12-26(46-7)34(49-36(37)45)23(4)19-22(3)31(41)27(18-20)47-8/h9-13,16,19-20,22,26-27,31,34,38,41H,14-15,17-18H2,1-8H3,(H2,37,45)(H,39,44)/t20-,22+,26+,27+,31-,34+/m1/s1. The first kappa shape index (κ1) is 39.1. The molecule has 1 aliphatic heterocycles. The predicted octanol–water partition coefficient (Wildman–Crippen LogP) is 3.03. The SMILES string of the molecule is CO[C@H]1C=CC=C(C)C(=O)NC2=C(c3ccco3)C(=O)C(NCCN(C)C)=C(C[C@@H](C)C[C@H](OC)[C@H](O)[C@@H](C)C=C(C)[C@@H]1OC(N)=O)C2=O. The van der Waals surface area contributed by atoms with Gasteiger partial charge in [0.15, 0.2) is 6.10 Å². The summed E-state index contributed by atoms with van der Waals surface area (Å²) in [6.45, 7) is 7.97. The Morgan fingerprint density at radius 1 is 1.14 bits per heavy atom. The number of aliphatic hydroxyl groups is 1. The van der Waals surface area contributed by atoms with E-state index in [0.717, 1.165) is 0 Å². The number of fused-ring (bicyclic) bond motifs is 2. The lowest BCUT2D eigenvalue weighted by atomic mass is 9.82. The lowest BCUT2D eigenvalue weighted by Crippen LogP contribution is -2.40. The van der Waals surface area contributed by atoms with E-state index < -0.39 is 53.9 Å². The number of allylic oxidation sites excluding steroid dienone is 4. The van der Waals surface area contributed by atoms with Crippen molar-refractivity contribution in [2.45, 2.75) is 65.0 Å². The van der Waals surface area contributed by atoms with Crippen molar-refractivity contribution in [2.75, 3.05) is 41.4 Å². The van der Waals surface area contributed by atoms with E-state index in [1.165, 1.54) is 26.6 Å². The van der Waals surface area contributed by atoms with Gasteiger partial charge in [0.25, 0.3) is 5.91 Å². The third kappa shape index (κ3) is 10.1. The smallest absolute Gasteiger partial charge is 0.405 e. The second kappa shape index (κ2) is 17.9. The second-order valence-corrected chi connectivity index (χ2v) is 12.8. The third-order valence-corrected chi connectivity index (χ3v) is 8.58. The molecule has 49 heavy (non-hydrogen) atoms. The molecule has 0 radical (unpaired) electrons. The quantitative estimate of drug-likeness (QED) is 0.234. The zero-order valence-corrected chi connectivity index (χ0v) is 29.6. The van der Waals surface area contributed by atoms with Gasteiger partial charge < -0.3 is 45.0 Å². The number of amides is 2. The summed E-state index contributed by atoms with van der Waals surface area (Å²) in [5.74, 6) is -2.21. The molecule has 1 aromatic rings. The van der Waals surface area contributed by atoms with Gasteiger partial charge in [0.1, 0.15) is 17.6 Å². The summed E-state index contributed by atoms with van der Waals surface area (Å²) in [7, 11) is 6.72. The molecule has 0 spiro atoms. The zero-order valence-electron chi connectivity index (χ0n) is 29.6. The van der Waals surface area contributed by atoms with Crippen LogP contribution in [-0.2, 0) is 28.6 Å². The van der Waals surface area contributed by atoms with Gasteiger partial charge in [-0.2, -0.15) is 0 Å². The number of hydrogen-bond acceptors (Lipinski definition) is 11. The predicted molar refractivity (Wildman–Crippen MR) is 184 cm³/mol. The molecule has 2 aliphatic rings. The average Bonchev–Trinajstić information content (AvgIpc) is 3.58. The molecule has 3 rings (SSSR count). The van der Waals surface area contributed by atoms with Crippen molar-refractivity contribution < 1.29 is 42.9 Å². The zero-order chi connectivity index (χ0) is 36.4. The van der Waals surface area contributed by atoms with E-state index in [4.69, 9.17) is 24.4 Å². The van der Waals surface area contributed by atoms with Crippen LogP contribution in [0.2, 0.25) is 0 Å². The van der Waals surface area contributed by atoms with Gasteiger partial charge in [-0.15, -0.1) is 0 Å². The highest BCUT2D eigenvalue weighted by atomic mass is 16.6. The maximum Gasteiger partial charge on any atom is 0.405 e. The first-order chi connectivity index (χ1) is 23.2. The minimum atomic E-state index is -1.01. The number of methoxy groups -OCH3 is 2. The molecule has 1 aliphatic carbocycles. The van der Waals surface area contributed by atoms with Gasteiger partial charge >= 0.3 is 6.09 Å². The van der Waals surface area contributed by atoms with Crippen LogP contribution in [0.3, 0.4) is 0 Å². The van der Waals surface area contributed by atoms with Gasteiger partial charge in [-0.05, 0) is 64.4 Å². The summed E-state index contributed by atoms with van der Waals surface area (Å²) in [4.78, 5) is 55.9. The number of rotatable bonds is 8. The molecule has 13 heteroatoms. The van der Waals surface area contributed by atoms with Crippen LogP contribution in [0.5, 0.6) is 0 Å². The number of ether oxygens (including phenoxy) is 3. The summed E-state index contributed by atoms with van der Waals surface area (Å²) < 4.78 is 22.3. The number of aliphatic hydroxyl groups excluding tert-OH is 1. The fourth-order valence-electron chi connectivity index (χ4n) is 5.91. The Hall–Kier alpha value is -4.30. The number of primary amides is 1. The van der Waals surface area contributed by atoms with Crippen molar-refractivity contribution in [1.82, 2.24) is 15.5 Å². The fraction of sp³-hybridized carbons (Fsp3) is 0.500. The van der Waals surface area contributed by atoms with Gasteiger partial charge in [0.05, 0.1) is 29.7 Å². The number of furan rings is 1. The average molecular weight is 683 g/mol. The lowest BCUT2D eigenvalue weighted by Gasteiger charge is -2.30. The summed E-state index contributed by atoms with van der Waals surface area (Å²) in [5, 5.41) is 17.3. The number of ketones is 2. The van der Waals surface area contributed by atoms with Crippen LogP contribution >= 0.6 is 0 Å². The highest BCUT2D eigenvalue weighted by Gasteiger charge is 2.39. The van der Waals surface area contributed by atoms with Crippen LogP contribution in [0.15, 0.2) is 75.2 Å². The molecule has 0 unspecified atom stereocenters. The van der Waals surface area contributed by atoms with Crippen LogP contribution in [0.25, 0.3) is 5.57 Å². The van der Waals surface area contributed by atoms with E-state index in [9.17, 15) is 24.3 Å². The van der Waals surface area contributed by atoms with E-state index >= 15 is 0 Å². The maximum absolute atomic E-state index is 14.4. The minimum Gasteiger partial charge on any atom is -0.464 e. The van der Waals surface area contributed by atoms with Gasteiger partial charge in [-0.1, -0.05) is 38.2 Å². The molecule has 268 valence electrons. The highest BCUT2D eigenvalue weighted by Crippen LogP contribution is 2.34. The first-order valence-corrected chi connectivity index (χ1v) is 16.2. The van der Waals surface area contributed by atoms with Crippen molar-refractivity contribution >= 4 is 29.1 Å². The molecule has 2 amide bonds. The van der Waals surface area contributed by atoms with E-state index in [1.807, 2.05) is 32.8 Å². The van der Waals surface area contributed by atoms with E-state index in [0.29, 0.717) is 25.1 Å². The number of likely N-dealkylation sites (N-methyl/N-ethyl adjacent to an activating group) is 1. The molecule has 13 nitrogen and oxygen atoms in total. The van der Waals surface area contributed by atoms with Crippen LogP contribution in [0, 0.1) is 11.8 Å². The molecule has 0 saturated carbocycles. The normalized spacial score (nSPS) is 26.4. The van der Waals surface area contributed by atoms with Crippen LogP contribution < -0.4 is 16.4 Å². The van der Waals surface area contributed by atoms with Crippen molar-refractivity contribution in [3.8, 4) is 0 Å². The number of nitrogens with one attached hydrogen (secondary N) is 2. The summed E-state index contributed by atoms with van der Waals surface area (Å²) in [5.41, 5.74) is 6.28. The molecule has 0 saturated heterocycles. The Morgan fingerprint density at radius 2 is 1.86 bits per heavy atom. The number of hydrogen-bond donors (Lipinski definition) is 4. The number of nitrogens with zero attached hydrogens (tertiary/aromatic N) is 1. The Kier molecular flexibility index (Phi) is 14.3. The van der Waals surface area contributed by atoms with Gasteiger partial charge in [0.2, 0.25) is 11.6 Å². The van der Waals surface area contributed by atoms with E-state index in [1.54, 1.807) is 44.2 Å². The van der Waals surface area contributed by atoms with Crippen molar-refractivity contribution in [3.05, 3.63) is 76.6 Å². The Balaban J connectivity index is 2.20. The van der Waals surface area contributed by atoms with Crippen molar-refractivity contribution in [1.29, 1.82) is 0 Å². The lowest BCUT2D eigenvalue weighted by molar-refractivity contribution is -0.120. The molecule has 5 N–H and O–H groups in total. The molecule has 0 aromatic carbocycles. The second-order valence-electron chi connectivity index (χ2n) is 12.8. The molecule has 0 fully saturated rings. The molecular formula is C36H50N4O9. The maximum atomic E-state index is 14.4. The molecular weight excluding hydrogens is 632 g/mol. The molecule has 2 heterocycles. The summed E-state index contributed by atoms with van der Waals surface area (Å²) in [6, 6.07) is 3.15. The van der Waals surface area contributed by atoms with Crippen LogP contribution in [0.1, 0.15) is 46.3 Å². The van der Waals surface area contributed by atoms with Gasteiger partial charge in [-0.25, -0.2) is 4.79 Å². The molecule has 6 atom stereocenters. The summed E-state index contributed by atoms with van der Waals surface area (Å²) >= 11 is 0. The molecule has 2 bridgehead atoms.